The van der Waals surface area contributed by atoms with Gasteiger partial charge in [0.15, 0.2) is 0 Å². The van der Waals surface area contributed by atoms with Crippen LogP contribution in [0.3, 0.4) is 0 Å². The molecule has 0 radical (unpaired) electrons. The SMILES string of the molecule is c1ccc(-c2ccc(N(c3ccc(-c4ccccc4)cc3)c3ccc4c(c3)C3(c5ccccc5-c5ccccc5-4)c4ccccc4-c4c3c3ccccc3c3ccccc43)cc2)cc1. The first-order valence-electron chi connectivity index (χ1n) is 22.3. The molecular formula is C63H41N. The van der Waals surface area contributed by atoms with Gasteiger partial charge in [0.1, 0.15) is 0 Å². The van der Waals surface area contributed by atoms with Crippen LogP contribution in [0.2, 0.25) is 0 Å². The summed E-state index contributed by atoms with van der Waals surface area (Å²) >= 11 is 0. The van der Waals surface area contributed by atoms with E-state index in [9.17, 15) is 0 Å². The second-order valence-corrected chi connectivity index (χ2v) is 17.1. The predicted molar refractivity (Wildman–Crippen MR) is 269 cm³/mol. The zero-order valence-electron chi connectivity index (χ0n) is 35.1. The fourth-order valence-electron chi connectivity index (χ4n) is 11.2. The van der Waals surface area contributed by atoms with Gasteiger partial charge in [-0.15, -0.1) is 0 Å². The van der Waals surface area contributed by atoms with E-state index in [2.05, 4.69) is 254 Å². The molecule has 11 aromatic rings. The summed E-state index contributed by atoms with van der Waals surface area (Å²) in [5.41, 5.74) is 20.3. The highest BCUT2D eigenvalue weighted by molar-refractivity contribution is 6.19. The van der Waals surface area contributed by atoms with Crippen LogP contribution >= 0.6 is 0 Å². The molecule has 1 nitrogen and oxygen atoms in total. The molecule has 1 spiro atoms. The lowest BCUT2D eigenvalue weighted by Crippen LogP contribution is -2.30. The summed E-state index contributed by atoms with van der Waals surface area (Å²) in [6.07, 6.45) is 0. The molecule has 64 heavy (non-hydrogen) atoms. The van der Waals surface area contributed by atoms with Crippen molar-refractivity contribution in [1.82, 2.24) is 0 Å². The number of benzene rings is 11. The lowest BCUT2D eigenvalue weighted by molar-refractivity contribution is 0.783. The molecule has 0 saturated carbocycles. The van der Waals surface area contributed by atoms with Crippen molar-refractivity contribution in [3.05, 3.63) is 271 Å². The van der Waals surface area contributed by atoms with Crippen molar-refractivity contribution in [2.75, 3.05) is 4.90 Å². The van der Waals surface area contributed by atoms with E-state index in [1.165, 1.54) is 99.4 Å². The van der Waals surface area contributed by atoms with Crippen molar-refractivity contribution < 1.29 is 0 Å². The van der Waals surface area contributed by atoms with Crippen molar-refractivity contribution in [2.24, 2.45) is 0 Å². The molecule has 11 aromatic carbocycles. The van der Waals surface area contributed by atoms with Crippen LogP contribution in [-0.2, 0) is 5.41 Å². The number of fused-ring (bicyclic) bond motifs is 17. The van der Waals surface area contributed by atoms with Crippen LogP contribution < -0.4 is 4.90 Å². The van der Waals surface area contributed by atoms with Crippen molar-refractivity contribution >= 4 is 38.6 Å². The Bertz CT molecular complexity index is 3500. The van der Waals surface area contributed by atoms with Gasteiger partial charge < -0.3 is 4.90 Å². The molecule has 0 heterocycles. The van der Waals surface area contributed by atoms with Gasteiger partial charge in [0.2, 0.25) is 0 Å². The molecular weight excluding hydrogens is 771 g/mol. The fourth-order valence-corrected chi connectivity index (χ4v) is 11.2. The van der Waals surface area contributed by atoms with E-state index in [0.29, 0.717) is 0 Å². The molecule has 13 rings (SSSR count). The Kier molecular flexibility index (Phi) is 8.20. The van der Waals surface area contributed by atoms with Gasteiger partial charge in [0, 0.05) is 17.1 Å². The van der Waals surface area contributed by atoms with E-state index < -0.39 is 5.41 Å². The molecule has 1 unspecified atom stereocenters. The summed E-state index contributed by atoms with van der Waals surface area (Å²) in [4.78, 5) is 2.44. The lowest BCUT2D eigenvalue weighted by atomic mass is 9.64. The molecule has 298 valence electrons. The van der Waals surface area contributed by atoms with E-state index in [-0.39, 0.29) is 0 Å². The molecule has 1 heteroatoms. The van der Waals surface area contributed by atoms with Crippen molar-refractivity contribution in [3.63, 3.8) is 0 Å². The van der Waals surface area contributed by atoms with E-state index in [1.807, 2.05) is 0 Å². The molecule has 0 aromatic heterocycles. The summed E-state index contributed by atoms with van der Waals surface area (Å²) < 4.78 is 0. The van der Waals surface area contributed by atoms with Crippen LogP contribution in [0.5, 0.6) is 0 Å². The van der Waals surface area contributed by atoms with Crippen molar-refractivity contribution in [2.45, 2.75) is 5.41 Å². The molecule has 0 saturated heterocycles. The van der Waals surface area contributed by atoms with Crippen LogP contribution in [0.1, 0.15) is 22.3 Å². The Morgan fingerprint density at radius 2 is 0.641 bits per heavy atom. The van der Waals surface area contributed by atoms with Crippen LogP contribution in [-0.4, -0.2) is 0 Å². The highest BCUT2D eigenvalue weighted by Crippen LogP contribution is 2.64. The topological polar surface area (TPSA) is 3.24 Å². The Morgan fingerprint density at radius 3 is 1.22 bits per heavy atom. The van der Waals surface area contributed by atoms with Crippen LogP contribution in [0.25, 0.3) is 77.2 Å². The number of hydrogen-bond acceptors (Lipinski definition) is 1. The quantitative estimate of drug-likeness (QED) is 0.157. The average Bonchev–Trinajstić information content (AvgIpc) is 3.64. The first kappa shape index (κ1) is 36.4. The van der Waals surface area contributed by atoms with Crippen molar-refractivity contribution in [1.29, 1.82) is 0 Å². The average molecular weight is 812 g/mol. The number of anilines is 3. The van der Waals surface area contributed by atoms with E-state index in [1.54, 1.807) is 0 Å². The molecule has 2 aliphatic rings. The number of hydrogen-bond donors (Lipinski definition) is 0. The first-order valence-corrected chi connectivity index (χ1v) is 22.3. The summed E-state index contributed by atoms with van der Waals surface area (Å²) in [6, 6.07) is 92.4. The Labute approximate surface area is 373 Å². The van der Waals surface area contributed by atoms with Gasteiger partial charge in [0.05, 0.1) is 5.41 Å². The van der Waals surface area contributed by atoms with E-state index in [4.69, 9.17) is 0 Å². The molecule has 0 bridgehead atoms. The monoisotopic (exact) mass is 811 g/mol. The van der Waals surface area contributed by atoms with Gasteiger partial charge in [-0.3, -0.25) is 0 Å². The smallest absolute Gasteiger partial charge is 0.0732 e. The molecule has 0 aliphatic heterocycles. The summed E-state index contributed by atoms with van der Waals surface area (Å²) in [5.74, 6) is 0. The molecule has 0 amide bonds. The molecule has 2 aliphatic carbocycles. The maximum absolute atomic E-state index is 2.53. The fraction of sp³-hybridized carbons (Fsp3) is 0.0159. The maximum Gasteiger partial charge on any atom is 0.0732 e. The first-order chi connectivity index (χ1) is 31.8. The van der Waals surface area contributed by atoms with E-state index in [0.717, 1.165) is 17.1 Å². The Morgan fingerprint density at radius 1 is 0.250 bits per heavy atom. The minimum atomic E-state index is -0.670. The van der Waals surface area contributed by atoms with E-state index >= 15 is 0 Å². The summed E-state index contributed by atoms with van der Waals surface area (Å²) in [7, 11) is 0. The lowest BCUT2D eigenvalue weighted by Gasteiger charge is -2.37. The zero-order valence-corrected chi connectivity index (χ0v) is 35.1. The molecule has 0 fully saturated rings. The van der Waals surface area contributed by atoms with Gasteiger partial charge in [-0.25, -0.2) is 0 Å². The predicted octanol–water partition coefficient (Wildman–Crippen LogP) is 16.8. The molecule has 0 N–H and O–H groups in total. The number of nitrogens with zero attached hydrogens (tertiary/aromatic N) is 1. The highest BCUT2D eigenvalue weighted by atomic mass is 15.1. The van der Waals surface area contributed by atoms with Crippen molar-refractivity contribution in [3.8, 4) is 55.6 Å². The second kappa shape index (κ2) is 14.4. The van der Waals surface area contributed by atoms with Gasteiger partial charge in [0.25, 0.3) is 0 Å². The molecule has 1 atom stereocenters. The number of rotatable bonds is 5. The van der Waals surface area contributed by atoms with Gasteiger partial charge in [-0.1, -0.05) is 212 Å². The van der Waals surface area contributed by atoms with Crippen LogP contribution in [0, 0.1) is 0 Å². The minimum Gasteiger partial charge on any atom is -0.310 e. The third kappa shape index (κ3) is 5.31. The zero-order chi connectivity index (χ0) is 42.2. The summed E-state index contributed by atoms with van der Waals surface area (Å²) in [5, 5.41) is 5.14. The highest BCUT2D eigenvalue weighted by Gasteiger charge is 2.51. The Hall–Kier alpha value is -8.26. The van der Waals surface area contributed by atoms with Gasteiger partial charge in [-0.2, -0.15) is 0 Å². The maximum atomic E-state index is 2.53. The standard InChI is InChI=1S/C63H41N/c1-3-17-42(18-4-1)44-31-35-46(36-32-44)64(47-37-33-45(34-38-47)43-19-5-2-6-20-43)48-39-40-54-50-22-8-7-21-49(50)53-25-13-15-29-58(53)63(60(54)41-48)59-30-16-14-28-57(59)61-55-26-11-9-23-51(55)52-24-10-12-27-56(52)62(61)63/h1-41H. The van der Waals surface area contributed by atoms with Gasteiger partial charge >= 0.3 is 0 Å². The normalized spacial score (nSPS) is 14.3. The van der Waals surface area contributed by atoms with Gasteiger partial charge in [-0.05, 0) is 136 Å². The third-order valence-corrected chi connectivity index (χ3v) is 13.9. The Balaban J connectivity index is 1.14. The minimum absolute atomic E-state index is 0.670. The van der Waals surface area contributed by atoms with Crippen LogP contribution in [0.4, 0.5) is 17.1 Å². The second-order valence-electron chi connectivity index (χ2n) is 17.1. The van der Waals surface area contributed by atoms with Crippen LogP contribution in [0.15, 0.2) is 249 Å². The largest absolute Gasteiger partial charge is 0.310 e. The summed E-state index contributed by atoms with van der Waals surface area (Å²) in [6.45, 7) is 0. The third-order valence-electron chi connectivity index (χ3n) is 13.9.